The van der Waals surface area contributed by atoms with Crippen molar-refractivity contribution in [2.24, 2.45) is 5.92 Å². The maximum Gasteiger partial charge on any atom is 0.416 e. The van der Waals surface area contributed by atoms with Gasteiger partial charge >= 0.3 is 6.18 Å². The summed E-state index contributed by atoms with van der Waals surface area (Å²) >= 11 is 6.02. The smallest absolute Gasteiger partial charge is 0.302 e. The van der Waals surface area contributed by atoms with E-state index < -0.39 is 23.1 Å². The van der Waals surface area contributed by atoms with Gasteiger partial charge in [0.25, 0.3) is 0 Å². The lowest BCUT2D eigenvalue weighted by Crippen LogP contribution is -2.47. The van der Waals surface area contributed by atoms with Crippen molar-refractivity contribution in [1.82, 2.24) is 10.3 Å². The van der Waals surface area contributed by atoms with Crippen molar-refractivity contribution in [2.75, 3.05) is 6.54 Å². The van der Waals surface area contributed by atoms with E-state index in [0.29, 0.717) is 35.7 Å². The van der Waals surface area contributed by atoms with E-state index in [1.807, 2.05) is 30.3 Å². The van der Waals surface area contributed by atoms with Crippen molar-refractivity contribution in [3.05, 3.63) is 100 Å². The van der Waals surface area contributed by atoms with E-state index in [1.165, 1.54) is 6.20 Å². The largest absolute Gasteiger partial charge is 0.416 e. The van der Waals surface area contributed by atoms with Gasteiger partial charge in [-0.2, -0.15) is 13.2 Å². The number of alkyl halides is 3. The van der Waals surface area contributed by atoms with E-state index in [4.69, 9.17) is 11.6 Å². The molecule has 1 aromatic heterocycles. The van der Waals surface area contributed by atoms with Crippen LogP contribution in [0.4, 0.5) is 17.6 Å². The number of hydrogen-bond donors (Lipinski definition) is 1. The van der Waals surface area contributed by atoms with Gasteiger partial charge in [-0.15, -0.1) is 0 Å². The number of aromatic nitrogens is 1. The fraction of sp³-hybridized carbons (Fsp3) is 0.292. The van der Waals surface area contributed by atoms with Crippen LogP contribution in [-0.2, 0) is 18.1 Å². The molecule has 1 atom stereocenters. The summed E-state index contributed by atoms with van der Waals surface area (Å²) in [5, 5.41) is 3.87. The third-order valence-electron chi connectivity index (χ3n) is 5.58. The zero-order chi connectivity index (χ0) is 22.1. The molecule has 1 N–H and O–H groups in total. The van der Waals surface area contributed by atoms with Crippen LogP contribution < -0.4 is 5.32 Å². The molecular formula is C24H21ClF4N2. The molecule has 3 aromatic rings. The van der Waals surface area contributed by atoms with Crippen molar-refractivity contribution in [2.45, 2.75) is 31.0 Å². The maximum atomic E-state index is 14.4. The molecule has 0 spiro atoms. The van der Waals surface area contributed by atoms with E-state index in [2.05, 4.69) is 10.3 Å². The van der Waals surface area contributed by atoms with Gasteiger partial charge in [0.2, 0.25) is 0 Å². The Morgan fingerprint density at radius 2 is 1.68 bits per heavy atom. The normalized spacial score (nSPS) is 16.2. The second-order valence-corrected chi connectivity index (χ2v) is 8.42. The highest BCUT2D eigenvalue weighted by Gasteiger charge is 2.40. The fourth-order valence-corrected chi connectivity index (χ4v) is 3.88. The molecule has 2 aromatic carbocycles. The van der Waals surface area contributed by atoms with Crippen LogP contribution in [0.25, 0.3) is 0 Å². The summed E-state index contributed by atoms with van der Waals surface area (Å²) in [7, 11) is 0. The molecule has 2 nitrogen and oxygen atoms in total. The summed E-state index contributed by atoms with van der Waals surface area (Å²) in [5.41, 5.74) is -0.627. The second kappa shape index (κ2) is 8.60. The molecular weight excluding hydrogens is 428 g/mol. The molecule has 7 heteroatoms. The summed E-state index contributed by atoms with van der Waals surface area (Å²) in [5.74, 6) is -0.498. The zero-order valence-corrected chi connectivity index (χ0v) is 17.3. The molecule has 0 bridgehead atoms. The van der Waals surface area contributed by atoms with Crippen LogP contribution in [-0.4, -0.2) is 11.5 Å². The minimum Gasteiger partial charge on any atom is -0.302 e. The third kappa shape index (κ3) is 5.08. The molecule has 162 valence electrons. The van der Waals surface area contributed by atoms with Gasteiger partial charge in [-0.25, -0.2) is 4.39 Å². The van der Waals surface area contributed by atoms with Crippen molar-refractivity contribution < 1.29 is 17.6 Å². The molecule has 0 saturated heterocycles. The van der Waals surface area contributed by atoms with E-state index in [0.717, 1.165) is 30.5 Å². The van der Waals surface area contributed by atoms with Crippen molar-refractivity contribution in [1.29, 1.82) is 0 Å². The second-order valence-electron chi connectivity index (χ2n) is 7.98. The summed E-state index contributed by atoms with van der Waals surface area (Å²) in [6.45, 7) is 0.592. The molecule has 1 unspecified atom stereocenters. The van der Waals surface area contributed by atoms with E-state index in [1.54, 1.807) is 12.1 Å². The predicted octanol–water partition coefficient (Wildman–Crippen LogP) is 6.38. The fourth-order valence-electron chi connectivity index (χ4n) is 3.77. The molecule has 1 aliphatic rings. The Bertz CT molecular complexity index is 1030. The Kier molecular flexibility index (Phi) is 6.04. The van der Waals surface area contributed by atoms with Crippen LogP contribution >= 0.6 is 11.6 Å². The quantitative estimate of drug-likeness (QED) is 0.424. The van der Waals surface area contributed by atoms with Gasteiger partial charge in [0, 0.05) is 12.6 Å². The van der Waals surface area contributed by atoms with Crippen LogP contribution in [0.5, 0.6) is 0 Å². The standard InChI is InChI=1S/C24H21ClF4N2/c25-20-8-9-22(30-15-20)23(31-14-17-6-7-17,13-16-4-2-1-3-5-16)18-10-19(24(27,28)29)12-21(26)11-18/h1-5,8-12,15,17,31H,6-7,13-14H2. The molecule has 1 fully saturated rings. The molecule has 31 heavy (non-hydrogen) atoms. The molecule has 0 aliphatic heterocycles. The highest BCUT2D eigenvalue weighted by atomic mass is 35.5. The molecule has 1 heterocycles. The molecule has 1 saturated carbocycles. The first kappa shape index (κ1) is 21.8. The van der Waals surface area contributed by atoms with Gasteiger partial charge < -0.3 is 5.32 Å². The first-order chi connectivity index (χ1) is 14.8. The van der Waals surface area contributed by atoms with Crippen LogP contribution in [0.3, 0.4) is 0 Å². The van der Waals surface area contributed by atoms with Gasteiger partial charge in [-0.3, -0.25) is 4.98 Å². The molecule has 0 amide bonds. The number of nitrogens with zero attached hydrogens (tertiary/aromatic N) is 1. The van der Waals surface area contributed by atoms with Gasteiger partial charge in [-0.05, 0) is 66.8 Å². The van der Waals surface area contributed by atoms with Crippen LogP contribution in [0.2, 0.25) is 5.02 Å². The Labute approximate surface area is 183 Å². The number of pyridine rings is 1. The lowest BCUT2D eigenvalue weighted by atomic mass is 9.79. The lowest BCUT2D eigenvalue weighted by molar-refractivity contribution is -0.137. The van der Waals surface area contributed by atoms with Crippen molar-refractivity contribution in [3.8, 4) is 0 Å². The Hall–Kier alpha value is -2.44. The first-order valence-corrected chi connectivity index (χ1v) is 10.4. The van der Waals surface area contributed by atoms with Gasteiger partial charge in [-0.1, -0.05) is 41.9 Å². The molecule has 0 radical (unpaired) electrons. The topological polar surface area (TPSA) is 24.9 Å². The zero-order valence-electron chi connectivity index (χ0n) is 16.6. The molecule has 4 rings (SSSR count). The highest BCUT2D eigenvalue weighted by molar-refractivity contribution is 6.30. The summed E-state index contributed by atoms with van der Waals surface area (Å²) in [6.07, 6.45) is -0.798. The van der Waals surface area contributed by atoms with Crippen molar-refractivity contribution in [3.63, 3.8) is 0 Å². The number of rotatable bonds is 7. The summed E-state index contributed by atoms with van der Waals surface area (Å²) < 4.78 is 55.0. The average molecular weight is 449 g/mol. The minimum absolute atomic E-state index is 0.180. The highest BCUT2D eigenvalue weighted by Crippen LogP contribution is 2.39. The van der Waals surface area contributed by atoms with Crippen LogP contribution in [0, 0.1) is 11.7 Å². The first-order valence-electron chi connectivity index (χ1n) is 10.1. The Morgan fingerprint density at radius 3 is 2.29 bits per heavy atom. The van der Waals surface area contributed by atoms with E-state index in [9.17, 15) is 17.6 Å². The number of benzene rings is 2. The number of hydrogen-bond acceptors (Lipinski definition) is 2. The van der Waals surface area contributed by atoms with Gasteiger partial charge in [0.05, 0.1) is 21.8 Å². The van der Waals surface area contributed by atoms with E-state index >= 15 is 0 Å². The van der Waals surface area contributed by atoms with Crippen molar-refractivity contribution >= 4 is 11.6 Å². The maximum absolute atomic E-state index is 14.4. The SMILES string of the molecule is Fc1cc(C(F)(F)F)cc(C(Cc2ccccc2)(NCC2CC2)c2ccc(Cl)cn2)c1. The average Bonchev–Trinajstić information content (AvgIpc) is 3.56. The predicted molar refractivity (Wildman–Crippen MR) is 112 cm³/mol. The number of nitrogens with one attached hydrogen (secondary N) is 1. The van der Waals surface area contributed by atoms with Crippen LogP contribution in [0.15, 0.2) is 66.9 Å². The lowest BCUT2D eigenvalue weighted by Gasteiger charge is -2.36. The summed E-state index contributed by atoms with van der Waals surface area (Å²) in [4.78, 5) is 4.45. The van der Waals surface area contributed by atoms with E-state index in [-0.39, 0.29) is 5.56 Å². The third-order valence-corrected chi connectivity index (χ3v) is 5.81. The van der Waals surface area contributed by atoms with Gasteiger partial charge in [0.1, 0.15) is 5.82 Å². The van der Waals surface area contributed by atoms with Crippen LogP contribution in [0.1, 0.15) is 35.2 Å². The number of halogens is 5. The summed E-state index contributed by atoms with van der Waals surface area (Å²) in [6, 6.07) is 15.4. The Morgan fingerprint density at radius 1 is 0.968 bits per heavy atom. The molecule has 1 aliphatic carbocycles. The monoisotopic (exact) mass is 448 g/mol. The minimum atomic E-state index is -4.67. The Balaban J connectivity index is 1.91. The van der Waals surface area contributed by atoms with Gasteiger partial charge in [0.15, 0.2) is 0 Å².